The van der Waals surface area contributed by atoms with Crippen molar-refractivity contribution in [2.24, 2.45) is 0 Å². The number of nitrogens with zero attached hydrogens (tertiary/aromatic N) is 1. The lowest BCUT2D eigenvalue weighted by molar-refractivity contribution is 0.126. The summed E-state index contributed by atoms with van der Waals surface area (Å²) >= 11 is 5.80. The van der Waals surface area contributed by atoms with E-state index in [0.717, 1.165) is 18.5 Å². The van der Waals surface area contributed by atoms with Gasteiger partial charge in [-0.25, -0.2) is 4.39 Å². The Kier molecular flexibility index (Phi) is 3.32. The maximum Gasteiger partial charge on any atom is 0.141 e. The third kappa shape index (κ3) is 2.55. The van der Waals surface area contributed by atoms with E-state index in [1.807, 2.05) is 0 Å². The molecule has 2 nitrogen and oxygen atoms in total. The molecule has 1 aromatic rings. The smallest absolute Gasteiger partial charge is 0.141 e. The van der Waals surface area contributed by atoms with Crippen molar-refractivity contribution >= 4 is 17.3 Å². The minimum Gasteiger partial charge on any atom is -0.391 e. The number of piperidine rings is 1. The van der Waals surface area contributed by atoms with Crippen LogP contribution in [0.3, 0.4) is 0 Å². The Morgan fingerprint density at radius 1 is 1.47 bits per heavy atom. The Labute approximate surface area is 106 Å². The third-order valence-electron chi connectivity index (χ3n) is 3.43. The second-order valence-electron chi connectivity index (χ2n) is 5.21. The van der Waals surface area contributed by atoms with Crippen molar-refractivity contribution in [3.63, 3.8) is 0 Å². The number of aliphatic hydroxyl groups excluding tert-OH is 1. The predicted octanol–water partition coefficient (Wildman–Crippen LogP) is 3.22. The monoisotopic (exact) mass is 257 g/mol. The fourth-order valence-electron chi connectivity index (χ4n) is 2.31. The summed E-state index contributed by atoms with van der Waals surface area (Å²) < 4.78 is 13.1. The fraction of sp³-hybridized carbons (Fsp3) is 0.538. The molecule has 1 atom stereocenters. The van der Waals surface area contributed by atoms with Crippen LogP contribution in [0.2, 0.25) is 5.02 Å². The average molecular weight is 258 g/mol. The van der Waals surface area contributed by atoms with E-state index < -0.39 is 5.82 Å². The number of hydrogen-bond acceptors (Lipinski definition) is 2. The second kappa shape index (κ2) is 4.46. The Morgan fingerprint density at radius 2 is 2.18 bits per heavy atom. The average Bonchev–Trinajstić information content (AvgIpc) is 2.26. The molecule has 0 aromatic heterocycles. The Balaban J connectivity index is 2.33. The lowest BCUT2D eigenvalue weighted by Crippen LogP contribution is -2.52. The summed E-state index contributed by atoms with van der Waals surface area (Å²) in [5.74, 6) is -0.411. The molecule has 1 aliphatic rings. The summed E-state index contributed by atoms with van der Waals surface area (Å²) in [6, 6.07) is 4.70. The number of anilines is 1. The topological polar surface area (TPSA) is 23.5 Å². The molecular weight excluding hydrogens is 241 g/mol. The highest BCUT2D eigenvalue weighted by atomic mass is 35.5. The minimum absolute atomic E-state index is 0.0413. The maximum atomic E-state index is 13.1. The molecule has 0 aliphatic carbocycles. The Hall–Kier alpha value is -0.800. The van der Waals surface area contributed by atoms with Crippen LogP contribution in [-0.4, -0.2) is 23.3 Å². The van der Waals surface area contributed by atoms with Gasteiger partial charge in [-0.15, -0.1) is 0 Å². The molecule has 4 heteroatoms. The summed E-state index contributed by atoms with van der Waals surface area (Å²) in [6.45, 7) is 4.81. The van der Waals surface area contributed by atoms with Gasteiger partial charge in [0.25, 0.3) is 0 Å². The molecule has 1 saturated heterocycles. The molecule has 0 spiro atoms. The zero-order chi connectivity index (χ0) is 12.6. The first-order chi connectivity index (χ1) is 7.90. The Morgan fingerprint density at radius 3 is 2.82 bits per heavy atom. The molecule has 0 saturated carbocycles. The molecule has 94 valence electrons. The number of hydrogen-bond donors (Lipinski definition) is 1. The van der Waals surface area contributed by atoms with Crippen molar-refractivity contribution in [3.05, 3.63) is 29.0 Å². The summed E-state index contributed by atoms with van der Waals surface area (Å²) in [4.78, 5) is 2.09. The van der Waals surface area contributed by atoms with Gasteiger partial charge in [-0.1, -0.05) is 11.6 Å². The van der Waals surface area contributed by atoms with E-state index in [9.17, 15) is 9.50 Å². The number of β-amino-alcohol motifs (C(OH)–C–C–N with tert-alkyl or cyclic N) is 1. The SMILES string of the molecule is CC1(C)CCC(O)CN1c1ccc(F)c(Cl)c1. The van der Waals surface area contributed by atoms with Gasteiger partial charge in [-0.05, 0) is 44.9 Å². The lowest BCUT2D eigenvalue weighted by Gasteiger charge is -2.46. The van der Waals surface area contributed by atoms with Gasteiger partial charge in [-0.3, -0.25) is 0 Å². The number of halogens is 2. The normalized spacial score (nSPS) is 23.8. The van der Waals surface area contributed by atoms with Crippen LogP contribution in [-0.2, 0) is 0 Å². The van der Waals surface area contributed by atoms with Crippen LogP contribution in [0.25, 0.3) is 0 Å². The van der Waals surface area contributed by atoms with Crippen molar-refractivity contribution in [1.29, 1.82) is 0 Å². The molecule has 0 radical (unpaired) electrons. The summed E-state index contributed by atoms with van der Waals surface area (Å²) in [5.41, 5.74) is 0.820. The molecule has 1 unspecified atom stereocenters. The van der Waals surface area contributed by atoms with Crippen molar-refractivity contribution in [1.82, 2.24) is 0 Å². The standard InChI is InChI=1S/C13H17ClFNO/c1-13(2)6-5-10(17)8-16(13)9-3-4-12(15)11(14)7-9/h3-4,7,10,17H,5-6,8H2,1-2H3. The van der Waals surface area contributed by atoms with Crippen LogP contribution in [0.1, 0.15) is 26.7 Å². The van der Waals surface area contributed by atoms with E-state index in [1.165, 1.54) is 6.07 Å². The molecular formula is C13H17ClFNO. The maximum absolute atomic E-state index is 13.1. The summed E-state index contributed by atoms with van der Waals surface area (Å²) in [7, 11) is 0. The molecule has 0 bridgehead atoms. The first kappa shape index (κ1) is 12.7. The zero-order valence-electron chi connectivity index (χ0n) is 10.1. The van der Waals surface area contributed by atoms with Gasteiger partial charge < -0.3 is 10.0 Å². The van der Waals surface area contributed by atoms with Gasteiger partial charge in [0.05, 0.1) is 11.1 Å². The first-order valence-electron chi connectivity index (χ1n) is 5.81. The van der Waals surface area contributed by atoms with Crippen molar-refractivity contribution in [2.75, 3.05) is 11.4 Å². The molecule has 1 aromatic carbocycles. The number of benzene rings is 1. The van der Waals surface area contributed by atoms with Crippen LogP contribution in [0.4, 0.5) is 10.1 Å². The van der Waals surface area contributed by atoms with E-state index in [2.05, 4.69) is 18.7 Å². The molecule has 2 rings (SSSR count). The van der Waals surface area contributed by atoms with E-state index in [1.54, 1.807) is 12.1 Å². The summed E-state index contributed by atoms with van der Waals surface area (Å²) in [6.07, 6.45) is 1.38. The second-order valence-corrected chi connectivity index (χ2v) is 5.62. The zero-order valence-corrected chi connectivity index (χ0v) is 10.8. The van der Waals surface area contributed by atoms with Gasteiger partial charge in [0.2, 0.25) is 0 Å². The van der Waals surface area contributed by atoms with Gasteiger partial charge >= 0.3 is 0 Å². The molecule has 0 amide bonds. The molecule has 17 heavy (non-hydrogen) atoms. The molecule has 1 N–H and O–H groups in total. The molecule has 1 heterocycles. The van der Waals surface area contributed by atoms with Crippen LogP contribution < -0.4 is 4.90 Å². The van der Waals surface area contributed by atoms with Gasteiger partial charge in [-0.2, -0.15) is 0 Å². The largest absolute Gasteiger partial charge is 0.391 e. The third-order valence-corrected chi connectivity index (χ3v) is 3.72. The van der Waals surface area contributed by atoms with Gasteiger partial charge in [0.15, 0.2) is 0 Å². The van der Waals surface area contributed by atoms with Crippen LogP contribution >= 0.6 is 11.6 Å². The van der Waals surface area contributed by atoms with E-state index in [-0.39, 0.29) is 16.7 Å². The van der Waals surface area contributed by atoms with Crippen LogP contribution in [0, 0.1) is 5.82 Å². The van der Waals surface area contributed by atoms with Gasteiger partial charge in [0, 0.05) is 17.8 Å². The molecule has 1 aliphatic heterocycles. The highest BCUT2D eigenvalue weighted by molar-refractivity contribution is 6.31. The highest BCUT2D eigenvalue weighted by Crippen LogP contribution is 2.34. The van der Waals surface area contributed by atoms with Crippen LogP contribution in [0.5, 0.6) is 0 Å². The fourth-order valence-corrected chi connectivity index (χ4v) is 2.49. The molecule has 1 fully saturated rings. The Bertz CT molecular complexity index is 422. The van der Waals surface area contributed by atoms with E-state index in [4.69, 9.17) is 11.6 Å². The first-order valence-corrected chi connectivity index (χ1v) is 6.19. The van der Waals surface area contributed by atoms with Gasteiger partial charge in [0.1, 0.15) is 5.82 Å². The van der Waals surface area contributed by atoms with E-state index in [0.29, 0.717) is 6.54 Å². The highest BCUT2D eigenvalue weighted by Gasteiger charge is 2.33. The minimum atomic E-state index is -0.411. The number of rotatable bonds is 1. The summed E-state index contributed by atoms with van der Waals surface area (Å²) in [5, 5.41) is 9.87. The quantitative estimate of drug-likeness (QED) is 0.835. The lowest BCUT2D eigenvalue weighted by atomic mass is 9.88. The van der Waals surface area contributed by atoms with E-state index >= 15 is 0 Å². The van der Waals surface area contributed by atoms with Crippen LogP contribution in [0.15, 0.2) is 18.2 Å². The number of aliphatic hydroxyl groups is 1. The van der Waals surface area contributed by atoms with Crippen molar-refractivity contribution in [3.8, 4) is 0 Å². The van der Waals surface area contributed by atoms with Crippen molar-refractivity contribution in [2.45, 2.75) is 38.3 Å². The predicted molar refractivity (Wildman–Crippen MR) is 68.1 cm³/mol. The van der Waals surface area contributed by atoms with Crippen molar-refractivity contribution < 1.29 is 9.50 Å².